The highest BCUT2D eigenvalue weighted by Crippen LogP contribution is 2.19. The van der Waals surface area contributed by atoms with Gasteiger partial charge in [-0.2, -0.15) is 0 Å². The van der Waals surface area contributed by atoms with E-state index in [0.29, 0.717) is 0 Å². The van der Waals surface area contributed by atoms with Crippen LogP contribution in [0.2, 0.25) is 0 Å². The minimum absolute atomic E-state index is 0.145. The molecular formula is C7H18N2OS. The molecule has 0 fully saturated rings. The molecule has 0 amide bonds. The second-order valence-electron chi connectivity index (χ2n) is 3.47. The van der Waals surface area contributed by atoms with Gasteiger partial charge in [-0.1, -0.05) is 6.92 Å². The van der Waals surface area contributed by atoms with E-state index in [1.54, 1.807) is 11.4 Å². The third-order valence-corrected chi connectivity index (χ3v) is 3.78. The van der Waals surface area contributed by atoms with Gasteiger partial charge in [-0.05, 0) is 20.3 Å². The molecular weight excluding hydrogens is 160 g/mol. The molecule has 1 N–H and O–H groups in total. The normalized spacial score (nSPS) is 18.4. The van der Waals surface area contributed by atoms with Crippen molar-refractivity contribution in [2.75, 3.05) is 13.3 Å². The van der Waals surface area contributed by atoms with Crippen LogP contribution in [0.15, 0.2) is 0 Å². The summed E-state index contributed by atoms with van der Waals surface area (Å²) < 4.78 is 20.3. The van der Waals surface area contributed by atoms with Crippen LogP contribution >= 0.6 is 0 Å². The zero-order chi connectivity index (χ0) is 9.28. The smallest absolute Gasteiger partial charge is 0.105 e. The van der Waals surface area contributed by atoms with E-state index in [2.05, 4.69) is 0 Å². The van der Waals surface area contributed by atoms with Crippen LogP contribution < -0.4 is 0 Å². The van der Waals surface area contributed by atoms with Crippen LogP contribution in [-0.2, 0) is 9.92 Å². The van der Waals surface area contributed by atoms with E-state index in [0.717, 1.165) is 6.42 Å². The molecule has 0 saturated carbocycles. The van der Waals surface area contributed by atoms with Crippen LogP contribution in [0.25, 0.3) is 0 Å². The van der Waals surface area contributed by atoms with Gasteiger partial charge >= 0.3 is 0 Å². The second-order valence-corrected chi connectivity index (χ2v) is 5.62. The Balaban J connectivity index is 4.63. The van der Waals surface area contributed by atoms with Crippen LogP contribution in [0, 0.1) is 4.78 Å². The van der Waals surface area contributed by atoms with Crippen molar-refractivity contribution in [3.05, 3.63) is 0 Å². The molecule has 0 heterocycles. The van der Waals surface area contributed by atoms with Crippen molar-refractivity contribution in [2.45, 2.75) is 32.7 Å². The van der Waals surface area contributed by atoms with E-state index < -0.39 is 9.92 Å². The molecule has 0 saturated heterocycles. The number of hydrogen-bond acceptors (Lipinski definition) is 2. The van der Waals surface area contributed by atoms with Gasteiger partial charge in [0.1, 0.15) is 9.92 Å². The first-order valence-electron chi connectivity index (χ1n) is 3.69. The highest BCUT2D eigenvalue weighted by molar-refractivity contribution is 7.89. The molecule has 4 heteroatoms. The predicted molar refractivity (Wildman–Crippen MR) is 48.9 cm³/mol. The Morgan fingerprint density at radius 3 is 2.00 bits per heavy atom. The SMILES string of the molecule is CCC(C)(C)N(C)S(C)(=N)=O. The fourth-order valence-electron chi connectivity index (χ4n) is 0.694. The molecule has 0 aromatic carbocycles. The maximum Gasteiger partial charge on any atom is 0.105 e. The van der Waals surface area contributed by atoms with Crippen molar-refractivity contribution in [2.24, 2.45) is 0 Å². The topological polar surface area (TPSA) is 44.2 Å². The van der Waals surface area contributed by atoms with Gasteiger partial charge in [0.15, 0.2) is 0 Å². The maximum atomic E-state index is 11.3. The van der Waals surface area contributed by atoms with E-state index in [1.807, 2.05) is 20.8 Å². The summed E-state index contributed by atoms with van der Waals surface area (Å²) in [6, 6.07) is 0. The lowest BCUT2D eigenvalue weighted by Gasteiger charge is -2.34. The molecule has 1 atom stereocenters. The monoisotopic (exact) mass is 178 g/mol. The van der Waals surface area contributed by atoms with Crippen LogP contribution in [-0.4, -0.2) is 27.4 Å². The standard InChI is InChI=1S/C7H18N2OS/c1-6-7(2,3)9(4)11(5,8)10/h8H,6H2,1-5H3. The van der Waals surface area contributed by atoms with Crippen LogP contribution in [0.5, 0.6) is 0 Å². The molecule has 1 unspecified atom stereocenters. The lowest BCUT2D eigenvalue weighted by Crippen LogP contribution is -2.43. The van der Waals surface area contributed by atoms with Crippen LogP contribution in [0.1, 0.15) is 27.2 Å². The molecule has 0 aliphatic carbocycles. The number of hydrogen-bond donors (Lipinski definition) is 1. The summed E-state index contributed by atoms with van der Waals surface area (Å²) in [4.78, 5) is 0. The van der Waals surface area contributed by atoms with Gasteiger partial charge in [-0.25, -0.2) is 13.3 Å². The summed E-state index contributed by atoms with van der Waals surface area (Å²) >= 11 is 0. The van der Waals surface area contributed by atoms with Gasteiger partial charge in [0.25, 0.3) is 0 Å². The van der Waals surface area contributed by atoms with Gasteiger partial charge in [0.2, 0.25) is 0 Å². The molecule has 0 aliphatic rings. The van der Waals surface area contributed by atoms with E-state index in [-0.39, 0.29) is 5.54 Å². The Labute approximate surface area is 69.9 Å². The molecule has 0 aromatic heterocycles. The Morgan fingerprint density at radius 1 is 1.55 bits per heavy atom. The first-order valence-corrected chi connectivity index (χ1v) is 5.62. The Kier molecular flexibility index (Phi) is 3.08. The van der Waals surface area contributed by atoms with Gasteiger partial charge in [0, 0.05) is 18.8 Å². The largest absolute Gasteiger partial charge is 0.240 e. The highest BCUT2D eigenvalue weighted by Gasteiger charge is 2.25. The zero-order valence-corrected chi connectivity index (χ0v) is 8.79. The van der Waals surface area contributed by atoms with Crippen molar-refractivity contribution < 1.29 is 4.21 Å². The molecule has 11 heavy (non-hydrogen) atoms. The Morgan fingerprint density at radius 2 is 1.91 bits per heavy atom. The van der Waals surface area contributed by atoms with Crippen molar-refractivity contribution >= 4 is 9.92 Å². The van der Waals surface area contributed by atoms with Gasteiger partial charge in [-0.15, -0.1) is 0 Å². The predicted octanol–water partition coefficient (Wildman–Crippen LogP) is 1.70. The fraction of sp³-hybridized carbons (Fsp3) is 1.00. The van der Waals surface area contributed by atoms with Crippen molar-refractivity contribution in [3.63, 3.8) is 0 Å². The molecule has 0 aliphatic heterocycles. The number of nitrogens with one attached hydrogen (secondary N) is 1. The Bertz CT molecular complexity index is 219. The minimum atomic E-state index is -2.54. The molecule has 3 nitrogen and oxygen atoms in total. The molecule has 0 radical (unpaired) electrons. The molecule has 0 rings (SSSR count). The number of rotatable bonds is 3. The first-order chi connectivity index (χ1) is 4.72. The quantitative estimate of drug-likeness (QED) is 0.702. The summed E-state index contributed by atoms with van der Waals surface area (Å²) in [7, 11) is -0.804. The summed E-state index contributed by atoms with van der Waals surface area (Å²) in [5.41, 5.74) is -0.145. The summed E-state index contributed by atoms with van der Waals surface area (Å²) in [6.45, 7) is 6.01. The average Bonchev–Trinajstić information content (AvgIpc) is 1.84. The fourth-order valence-corrected chi connectivity index (χ4v) is 1.77. The summed E-state index contributed by atoms with van der Waals surface area (Å²) in [5.74, 6) is 0. The Hall–Kier alpha value is -0.0900. The molecule has 0 bridgehead atoms. The zero-order valence-electron chi connectivity index (χ0n) is 7.97. The van der Waals surface area contributed by atoms with Gasteiger partial charge in [0.05, 0.1) is 0 Å². The lowest BCUT2D eigenvalue weighted by molar-refractivity contribution is 0.267. The molecule has 0 aromatic rings. The second kappa shape index (κ2) is 3.11. The molecule has 68 valence electrons. The van der Waals surface area contributed by atoms with Crippen LogP contribution in [0.4, 0.5) is 0 Å². The van der Waals surface area contributed by atoms with E-state index in [1.165, 1.54) is 6.26 Å². The average molecular weight is 178 g/mol. The third-order valence-electron chi connectivity index (χ3n) is 2.24. The van der Waals surface area contributed by atoms with Crippen molar-refractivity contribution in [1.82, 2.24) is 4.31 Å². The van der Waals surface area contributed by atoms with E-state index >= 15 is 0 Å². The van der Waals surface area contributed by atoms with Gasteiger partial charge in [-0.3, -0.25) is 0 Å². The maximum absolute atomic E-state index is 11.3. The minimum Gasteiger partial charge on any atom is -0.240 e. The summed E-state index contributed by atoms with van der Waals surface area (Å²) in [6.07, 6.45) is 2.34. The number of nitrogens with zero attached hydrogens (tertiary/aromatic N) is 1. The summed E-state index contributed by atoms with van der Waals surface area (Å²) in [5, 5.41) is 0. The van der Waals surface area contributed by atoms with Crippen molar-refractivity contribution in [3.8, 4) is 0 Å². The van der Waals surface area contributed by atoms with Gasteiger partial charge < -0.3 is 0 Å². The third kappa shape index (κ3) is 2.79. The van der Waals surface area contributed by atoms with E-state index in [9.17, 15) is 4.21 Å². The van der Waals surface area contributed by atoms with Crippen molar-refractivity contribution in [1.29, 1.82) is 4.78 Å². The van der Waals surface area contributed by atoms with E-state index in [4.69, 9.17) is 4.78 Å². The first kappa shape index (κ1) is 10.9. The highest BCUT2D eigenvalue weighted by atomic mass is 32.2. The molecule has 0 spiro atoms. The van der Waals surface area contributed by atoms with Crippen LogP contribution in [0.3, 0.4) is 0 Å². The lowest BCUT2D eigenvalue weighted by atomic mass is 10.0.